The number of nitrogen functional groups attached to an aromatic ring is 1. The van der Waals surface area contributed by atoms with E-state index in [-0.39, 0.29) is 5.11 Å². The van der Waals surface area contributed by atoms with Crippen LogP contribution < -0.4 is 22.7 Å². The van der Waals surface area contributed by atoms with E-state index in [9.17, 15) is 0 Å². The number of hydrogen-bond donors (Lipinski definition) is 4. The topological polar surface area (TPSA) is 140 Å². The third kappa shape index (κ3) is 8.84. The lowest BCUT2D eigenvalue weighted by Gasteiger charge is -1.99. The fraction of sp³-hybridized carbons (Fsp3) is 0.111. The number of aromatic nitrogens is 2. The number of aryl methyl sites for hydroxylation is 2. The Morgan fingerprint density at radius 2 is 1.66 bits per heavy atom. The zero-order valence-corrected chi connectivity index (χ0v) is 20.4. The molecule has 2 aromatic carbocycles. The molecule has 0 atom stereocenters. The number of thiocarbonyl (C=S) groups is 1. The second kappa shape index (κ2) is 12.5. The highest BCUT2D eigenvalue weighted by molar-refractivity contribution is 9.10. The average Bonchev–Trinajstić information content (AvgIpc) is 3.13. The van der Waals surface area contributed by atoms with E-state index in [1.54, 1.807) is 6.07 Å². The first-order chi connectivity index (χ1) is 13.7. The maximum Gasteiger partial charge on any atom is 0.203 e. The first kappa shape index (κ1) is 24.9. The Morgan fingerprint density at radius 3 is 2.07 bits per heavy atom. The van der Waals surface area contributed by atoms with E-state index in [1.807, 2.05) is 49.6 Å². The number of nitrogens with two attached hydrogens (primary N) is 3. The minimum absolute atomic E-state index is 0.116. The summed E-state index contributed by atoms with van der Waals surface area (Å²) in [6.45, 7) is 4.04. The van der Waals surface area contributed by atoms with Gasteiger partial charge in [0.1, 0.15) is 5.01 Å². The lowest BCUT2D eigenvalue weighted by Crippen LogP contribution is -2.34. The van der Waals surface area contributed by atoms with E-state index >= 15 is 0 Å². The van der Waals surface area contributed by atoms with Crippen LogP contribution in [0.3, 0.4) is 0 Å². The number of halogens is 2. The fourth-order valence-corrected chi connectivity index (χ4v) is 3.10. The molecule has 0 radical (unpaired) electrons. The van der Waals surface area contributed by atoms with E-state index in [2.05, 4.69) is 66.2 Å². The summed E-state index contributed by atoms with van der Waals surface area (Å²) in [4.78, 5) is 0. The molecule has 0 fully saturated rings. The molecule has 7 nitrogen and oxygen atoms in total. The zero-order valence-electron chi connectivity index (χ0n) is 15.6. The minimum atomic E-state index is 0.116. The highest BCUT2D eigenvalue weighted by Gasteiger charge is 2.05. The van der Waals surface area contributed by atoms with E-state index < -0.39 is 0 Å². The van der Waals surface area contributed by atoms with Crippen LogP contribution in [0.4, 0.5) is 5.13 Å². The van der Waals surface area contributed by atoms with E-state index in [0.29, 0.717) is 10.7 Å². The molecular weight excluding hydrogens is 538 g/mol. The summed E-state index contributed by atoms with van der Waals surface area (Å²) in [7, 11) is 0. The van der Waals surface area contributed by atoms with Gasteiger partial charge in [-0.3, -0.25) is 0 Å². The van der Waals surface area contributed by atoms with Gasteiger partial charge in [0.2, 0.25) is 5.13 Å². The van der Waals surface area contributed by atoms with Crippen molar-refractivity contribution in [3.63, 3.8) is 0 Å². The highest BCUT2D eigenvalue weighted by atomic mass is 79.9. The molecule has 0 amide bonds. The molecule has 0 aliphatic carbocycles. The molecule has 0 saturated heterocycles. The van der Waals surface area contributed by atoms with Gasteiger partial charge in [-0.05, 0) is 55.4 Å². The third-order valence-corrected chi connectivity index (χ3v) is 5.93. The molecule has 0 spiro atoms. The molecule has 152 valence electrons. The molecular formula is C18H19Br2N7S2. The predicted molar refractivity (Wildman–Crippen MR) is 130 cm³/mol. The van der Waals surface area contributed by atoms with Crippen molar-refractivity contribution in [2.75, 3.05) is 5.73 Å². The molecule has 29 heavy (non-hydrogen) atoms. The van der Waals surface area contributed by atoms with Crippen molar-refractivity contribution >= 4 is 65.7 Å². The number of anilines is 1. The number of hydrazine groups is 1. The lowest BCUT2D eigenvalue weighted by atomic mass is 10.2. The van der Waals surface area contributed by atoms with Crippen molar-refractivity contribution in [2.45, 2.75) is 13.8 Å². The Balaban J connectivity index is 0.000000245. The Labute approximate surface area is 195 Å². The monoisotopic (exact) mass is 555 g/mol. The van der Waals surface area contributed by atoms with Gasteiger partial charge in [-0.2, -0.15) is 5.26 Å². The summed E-state index contributed by atoms with van der Waals surface area (Å²) in [5.74, 6) is 4.66. The van der Waals surface area contributed by atoms with Gasteiger partial charge >= 0.3 is 0 Å². The Morgan fingerprint density at radius 1 is 1.10 bits per heavy atom. The van der Waals surface area contributed by atoms with Gasteiger partial charge in [0.15, 0.2) is 5.11 Å². The molecule has 1 aromatic heterocycles. The standard InChI is InChI=1S/C9H8BrN3S.C8H6BrN.CH5N3S/c1-5-2-3-6(4-7(5)10)8-12-13-9(11)14-8;1-6-2-3-7(5-10)4-8(6)9;2-1(5)4-3/h2-4H,1H3,(H2,11,13);2-4H,1H3;3H2,(H3,2,4,5). The van der Waals surface area contributed by atoms with Crippen LogP contribution in [0.2, 0.25) is 0 Å². The quantitative estimate of drug-likeness (QED) is 0.199. The predicted octanol–water partition coefficient (Wildman–Crippen LogP) is 4.18. The van der Waals surface area contributed by atoms with Crippen molar-refractivity contribution in [3.8, 4) is 16.6 Å². The maximum absolute atomic E-state index is 8.48. The number of benzene rings is 2. The second-order valence-corrected chi connectivity index (χ2v) is 8.65. The van der Waals surface area contributed by atoms with E-state index in [4.69, 9.17) is 16.7 Å². The normalized spacial score (nSPS) is 9.24. The zero-order chi connectivity index (χ0) is 22.0. The van der Waals surface area contributed by atoms with Gasteiger partial charge in [-0.1, -0.05) is 61.4 Å². The second-order valence-electron chi connectivity index (χ2n) is 5.49. The summed E-state index contributed by atoms with van der Waals surface area (Å²) in [5, 5.41) is 17.7. The number of nitrogens with zero attached hydrogens (tertiary/aromatic N) is 3. The van der Waals surface area contributed by atoms with Gasteiger partial charge in [-0.15, -0.1) is 10.2 Å². The fourth-order valence-electron chi connectivity index (χ4n) is 1.74. The largest absolute Gasteiger partial charge is 0.375 e. The summed E-state index contributed by atoms with van der Waals surface area (Å²) in [5.41, 5.74) is 16.4. The number of nitriles is 1. The minimum Gasteiger partial charge on any atom is -0.375 e. The molecule has 3 aromatic rings. The van der Waals surface area contributed by atoms with Crippen LogP contribution in [0.15, 0.2) is 45.3 Å². The summed E-state index contributed by atoms with van der Waals surface area (Å²) >= 11 is 12.4. The average molecular weight is 557 g/mol. The number of hydrogen-bond acceptors (Lipinski definition) is 7. The SMILES string of the molecule is Cc1ccc(-c2nnc(N)s2)cc1Br.Cc1ccc(C#N)cc1Br.NNC(N)=S. The Bertz CT molecular complexity index is 1020. The van der Waals surface area contributed by atoms with Crippen molar-refractivity contribution in [3.05, 3.63) is 62.0 Å². The molecule has 0 aliphatic heterocycles. The molecule has 0 bridgehead atoms. The van der Waals surface area contributed by atoms with Gasteiger partial charge < -0.3 is 16.9 Å². The van der Waals surface area contributed by atoms with Crippen molar-refractivity contribution in [2.24, 2.45) is 11.6 Å². The summed E-state index contributed by atoms with van der Waals surface area (Å²) in [6.07, 6.45) is 0. The van der Waals surface area contributed by atoms with Crippen LogP contribution in [0.5, 0.6) is 0 Å². The first-order valence-electron chi connectivity index (χ1n) is 7.95. The maximum atomic E-state index is 8.48. The van der Waals surface area contributed by atoms with Crippen LogP contribution >= 0.6 is 55.4 Å². The molecule has 1 heterocycles. The first-order valence-corrected chi connectivity index (χ1v) is 10.8. The molecule has 3 rings (SSSR count). The van der Waals surface area contributed by atoms with Crippen LogP contribution in [0, 0.1) is 25.2 Å². The highest BCUT2D eigenvalue weighted by Crippen LogP contribution is 2.28. The Hall–Kier alpha value is -2.10. The van der Waals surface area contributed by atoms with Crippen molar-refractivity contribution in [1.82, 2.24) is 15.6 Å². The molecule has 0 saturated carbocycles. The van der Waals surface area contributed by atoms with Gasteiger partial charge in [-0.25, -0.2) is 5.84 Å². The van der Waals surface area contributed by atoms with Crippen LogP contribution in [-0.4, -0.2) is 15.3 Å². The van der Waals surface area contributed by atoms with Gasteiger partial charge in [0, 0.05) is 14.5 Å². The Kier molecular flexibility index (Phi) is 10.7. The third-order valence-electron chi connectivity index (χ3n) is 3.30. The van der Waals surface area contributed by atoms with Crippen molar-refractivity contribution in [1.29, 1.82) is 5.26 Å². The van der Waals surface area contributed by atoms with Crippen LogP contribution in [0.25, 0.3) is 10.6 Å². The smallest absolute Gasteiger partial charge is 0.203 e. The number of rotatable bonds is 1. The molecule has 11 heteroatoms. The molecule has 7 N–H and O–H groups in total. The van der Waals surface area contributed by atoms with E-state index in [1.165, 1.54) is 16.9 Å². The van der Waals surface area contributed by atoms with Gasteiger partial charge in [0.25, 0.3) is 0 Å². The van der Waals surface area contributed by atoms with Gasteiger partial charge in [0.05, 0.1) is 11.6 Å². The van der Waals surface area contributed by atoms with Crippen molar-refractivity contribution < 1.29 is 0 Å². The molecule has 0 unspecified atom stereocenters. The summed E-state index contributed by atoms with van der Waals surface area (Å²) in [6, 6.07) is 13.7. The molecule has 0 aliphatic rings. The van der Waals surface area contributed by atoms with Crippen LogP contribution in [0.1, 0.15) is 16.7 Å². The lowest BCUT2D eigenvalue weighted by molar-refractivity contribution is 1.03. The van der Waals surface area contributed by atoms with Crippen LogP contribution in [-0.2, 0) is 0 Å². The number of nitrogens with one attached hydrogen (secondary N) is 1. The van der Waals surface area contributed by atoms with E-state index in [0.717, 1.165) is 25.1 Å². The summed E-state index contributed by atoms with van der Waals surface area (Å²) < 4.78 is 2.07.